The van der Waals surface area contributed by atoms with Gasteiger partial charge in [0.15, 0.2) is 0 Å². The minimum Gasteiger partial charge on any atom is -0.480 e. The molecule has 0 aliphatic carbocycles. The van der Waals surface area contributed by atoms with Crippen molar-refractivity contribution in [3.05, 3.63) is 0 Å². The monoisotopic (exact) mass is 301 g/mol. The summed E-state index contributed by atoms with van der Waals surface area (Å²) in [7, 11) is 0. The molecule has 0 saturated heterocycles. The van der Waals surface area contributed by atoms with Crippen LogP contribution < -0.4 is 5.73 Å². The fourth-order valence-electron chi connectivity index (χ4n) is 1.93. The molecule has 0 heterocycles. The van der Waals surface area contributed by atoms with Crippen LogP contribution in [0.4, 0.5) is 0 Å². The van der Waals surface area contributed by atoms with Crippen LogP contribution in [0.3, 0.4) is 0 Å². The molecule has 0 aliphatic heterocycles. The van der Waals surface area contributed by atoms with Gasteiger partial charge in [0, 0.05) is 13.1 Å². The predicted octanol–water partition coefficient (Wildman–Crippen LogP) is 0.287. The van der Waals surface area contributed by atoms with Crippen LogP contribution >= 0.6 is 0 Å². The largest absolute Gasteiger partial charge is 0.480 e. The molecular weight excluding hydrogens is 274 g/mol. The lowest BCUT2D eigenvalue weighted by molar-refractivity contribution is -0.140. The number of nitrogens with zero attached hydrogens (tertiary/aromatic N) is 2. The van der Waals surface area contributed by atoms with Crippen molar-refractivity contribution in [2.75, 3.05) is 32.7 Å². The summed E-state index contributed by atoms with van der Waals surface area (Å²) in [5.74, 6) is -1.88. The van der Waals surface area contributed by atoms with E-state index in [2.05, 4.69) is 0 Å². The van der Waals surface area contributed by atoms with Gasteiger partial charge in [-0.25, -0.2) is 0 Å². The van der Waals surface area contributed by atoms with Crippen LogP contribution in [0.15, 0.2) is 0 Å². The number of carboxylic acids is 1. The van der Waals surface area contributed by atoms with Gasteiger partial charge in [0.05, 0.1) is 19.6 Å². The minimum atomic E-state index is -1.09. The lowest BCUT2D eigenvalue weighted by Gasteiger charge is -2.26. The van der Waals surface area contributed by atoms with Crippen LogP contribution in [-0.4, -0.2) is 65.4 Å². The Morgan fingerprint density at radius 2 is 1.48 bits per heavy atom. The fourth-order valence-corrected chi connectivity index (χ4v) is 1.93. The molecule has 0 spiro atoms. The van der Waals surface area contributed by atoms with Crippen LogP contribution in [0.5, 0.6) is 0 Å². The molecule has 0 rings (SSSR count). The van der Waals surface area contributed by atoms with E-state index in [1.165, 1.54) is 4.90 Å². The third-order valence-corrected chi connectivity index (χ3v) is 3.01. The van der Waals surface area contributed by atoms with E-state index in [9.17, 15) is 14.4 Å². The highest BCUT2D eigenvalue weighted by molar-refractivity contribution is 5.81. The van der Waals surface area contributed by atoms with E-state index in [0.717, 1.165) is 25.7 Å². The maximum absolute atomic E-state index is 12.3. The van der Waals surface area contributed by atoms with E-state index in [1.807, 2.05) is 13.8 Å². The van der Waals surface area contributed by atoms with Crippen molar-refractivity contribution >= 4 is 17.8 Å². The molecule has 0 bridgehead atoms. The molecule has 0 aromatic carbocycles. The number of carbonyl (C=O) groups excluding carboxylic acids is 2. The topological polar surface area (TPSA) is 104 Å². The van der Waals surface area contributed by atoms with E-state index in [4.69, 9.17) is 10.8 Å². The van der Waals surface area contributed by atoms with Gasteiger partial charge in [-0.2, -0.15) is 0 Å². The summed E-state index contributed by atoms with van der Waals surface area (Å²) in [6, 6.07) is 0. The number of nitrogens with two attached hydrogens (primary N) is 1. The number of rotatable bonds is 12. The zero-order chi connectivity index (χ0) is 16.3. The lowest BCUT2D eigenvalue weighted by Crippen LogP contribution is -2.45. The molecule has 0 unspecified atom stereocenters. The number of aliphatic carboxylic acids is 1. The second kappa shape index (κ2) is 11.1. The minimum absolute atomic E-state index is 0.0946. The number of hydrogen-bond donors (Lipinski definition) is 2. The van der Waals surface area contributed by atoms with Gasteiger partial charge < -0.3 is 15.7 Å². The van der Waals surface area contributed by atoms with Gasteiger partial charge in [-0.05, 0) is 12.8 Å². The first-order chi connectivity index (χ1) is 9.90. The number of hydrogen-bond acceptors (Lipinski definition) is 4. The van der Waals surface area contributed by atoms with Crippen LogP contribution in [-0.2, 0) is 14.4 Å². The summed E-state index contributed by atoms with van der Waals surface area (Å²) in [6.07, 6.45) is 3.78. The Morgan fingerprint density at radius 3 is 1.86 bits per heavy atom. The van der Waals surface area contributed by atoms with E-state index < -0.39 is 11.9 Å². The van der Waals surface area contributed by atoms with Crippen LogP contribution in [0, 0.1) is 0 Å². The van der Waals surface area contributed by atoms with Gasteiger partial charge >= 0.3 is 5.97 Å². The highest BCUT2D eigenvalue weighted by atomic mass is 16.4. The number of amides is 2. The molecule has 2 amide bonds. The van der Waals surface area contributed by atoms with Crippen LogP contribution in [0.2, 0.25) is 0 Å². The van der Waals surface area contributed by atoms with Crippen molar-refractivity contribution < 1.29 is 19.5 Å². The van der Waals surface area contributed by atoms with Gasteiger partial charge in [0.1, 0.15) is 0 Å². The van der Waals surface area contributed by atoms with E-state index >= 15 is 0 Å². The second-order valence-electron chi connectivity index (χ2n) is 5.09. The number of carboxylic acid groups (broad SMARTS) is 1. The molecule has 3 N–H and O–H groups in total. The van der Waals surface area contributed by atoms with Crippen molar-refractivity contribution in [3.8, 4) is 0 Å². The molecule has 0 aromatic rings. The Bertz CT molecular complexity index is 323. The van der Waals surface area contributed by atoms with E-state index in [1.54, 1.807) is 4.90 Å². The fraction of sp³-hybridized carbons (Fsp3) is 0.786. The predicted molar refractivity (Wildman–Crippen MR) is 79.7 cm³/mol. The Hall–Kier alpha value is -1.63. The van der Waals surface area contributed by atoms with Crippen molar-refractivity contribution in [2.24, 2.45) is 5.73 Å². The smallest absolute Gasteiger partial charge is 0.317 e. The maximum Gasteiger partial charge on any atom is 0.317 e. The van der Waals surface area contributed by atoms with Crippen LogP contribution in [0.25, 0.3) is 0 Å². The average molecular weight is 301 g/mol. The van der Waals surface area contributed by atoms with Gasteiger partial charge in [-0.3, -0.25) is 19.3 Å². The SMILES string of the molecule is CCCCN(CCCC)C(=O)CN(CC(N)=O)CC(=O)O. The summed E-state index contributed by atoms with van der Waals surface area (Å²) < 4.78 is 0. The molecular formula is C14H27N3O4. The Morgan fingerprint density at radius 1 is 0.952 bits per heavy atom. The van der Waals surface area contributed by atoms with Gasteiger partial charge in [-0.1, -0.05) is 26.7 Å². The summed E-state index contributed by atoms with van der Waals surface area (Å²) in [5.41, 5.74) is 5.08. The molecule has 7 nitrogen and oxygen atoms in total. The van der Waals surface area contributed by atoms with Gasteiger partial charge in [-0.15, -0.1) is 0 Å². The summed E-state index contributed by atoms with van der Waals surface area (Å²) in [5, 5.41) is 8.81. The van der Waals surface area contributed by atoms with Crippen molar-refractivity contribution in [2.45, 2.75) is 39.5 Å². The maximum atomic E-state index is 12.3. The number of carbonyl (C=O) groups is 3. The molecule has 0 fully saturated rings. The molecule has 21 heavy (non-hydrogen) atoms. The third kappa shape index (κ3) is 9.84. The first-order valence-corrected chi connectivity index (χ1v) is 7.40. The normalized spacial score (nSPS) is 10.6. The Labute approximate surface area is 126 Å². The summed E-state index contributed by atoms with van der Waals surface area (Å²) in [4.78, 5) is 37.0. The van der Waals surface area contributed by atoms with Gasteiger partial charge in [0.2, 0.25) is 11.8 Å². The first-order valence-electron chi connectivity index (χ1n) is 7.40. The van der Waals surface area contributed by atoms with E-state index in [0.29, 0.717) is 13.1 Å². The number of unbranched alkanes of at least 4 members (excludes halogenated alkanes) is 2. The molecule has 0 aliphatic rings. The highest BCUT2D eigenvalue weighted by Gasteiger charge is 2.19. The Balaban J connectivity index is 4.62. The molecule has 7 heteroatoms. The lowest BCUT2D eigenvalue weighted by atomic mass is 10.2. The van der Waals surface area contributed by atoms with Crippen molar-refractivity contribution in [1.82, 2.24) is 9.80 Å². The molecule has 0 atom stereocenters. The van der Waals surface area contributed by atoms with Gasteiger partial charge in [0.25, 0.3) is 0 Å². The highest BCUT2D eigenvalue weighted by Crippen LogP contribution is 2.02. The summed E-state index contributed by atoms with van der Waals surface area (Å²) >= 11 is 0. The quantitative estimate of drug-likeness (QED) is 0.539. The summed E-state index contributed by atoms with van der Waals surface area (Å²) in [6.45, 7) is 4.72. The molecule has 0 aromatic heterocycles. The molecule has 0 radical (unpaired) electrons. The Kier molecular flexibility index (Phi) is 10.2. The zero-order valence-corrected chi connectivity index (χ0v) is 13.0. The standard InChI is InChI=1S/C14H27N3O4/c1-3-5-7-17(8-6-4-2)13(19)10-16(9-12(15)18)11-14(20)21/h3-11H2,1-2H3,(H2,15,18)(H,20,21). The average Bonchev–Trinajstić information content (AvgIpc) is 2.37. The molecule has 122 valence electrons. The third-order valence-electron chi connectivity index (χ3n) is 3.01. The van der Waals surface area contributed by atoms with Crippen molar-refractivity contribution in [3.63, 3.8) is 0 Å². The van der Waals surface area contributed by atoms with E-state index in [-0.39, 0.29) is 25.5 Å². The van der Waals surface area contributed by atoms with Crippen molar-refractivity contribution in [1.29, 1.82) is 0 Å². The van der Waals surface area contributed by atoms with Crippen LogP contribution in [0.1, 0.15) is 39.5 Å². The number of primary amides is 1. The second-order valence-corrected chi connectivity index (χ2v) is 5.09. The zero-order valence-electron chi connectivity index (χ0n) is 13.0. The first kappa shape index (κ1) is 19.4. The molecule has 0 saturated carbocycles.